The van der Waals surface area contributed by atoms with Crippen LogP contribution in [0.25, 0.3) is 0 Å². The molecule has 2 aliphatic rings. The van der Waals surface area contributed by atoms with Gasteiger partial charge in [-0.25, -0.2) is 0 Å². The van der Waals surface area contributed by atoms with Gasteiger partial charge in [0, 0.05) is 12.6 Å². The van der Waals surface area contributed by atoms with Gasteiger partial charge in [0.05, 0.1) is 0 Å². The van der Waals surface area contributed by atoms with Crippen LogP contribution in [0.15, 0.2) is 24.3 Å². The molecule has 1 heterocycles. The quantitative estimate of drug-likeness (QED) is 0.757. The Balaban J connectivity index is 1.71. The lowest BCUT2D eigenvalue weighted by Gasteiger charge is -2.40. The summed E-state index contributed by atoms with van der Waals surface area (Å²) in [5.74, 6) is 1.61. The molecule has 1 saturated carbocycles. The van der Waals surface area contributed by atoms with Crippen molar-refractivity contribution >= 4 is 0 Å². The van der Waals surface area contributed by atoms with E-state index >= 15 is 0 Å². The molecule has 1 N–H and O–H groups in total. The Labute approximate surface area is 98.3 Å². The monoisotopic (exact) mass is 214 g/mol. The summed E-state index contributed by atoms with van der Waals surface area (Å²) in [6.45, 7) is 1.15. The third-order valence-corrected chi connectivity index (χ3v) is 4.30. The molecule has 3 unspecified atom stereocenters. The number of benzene rings is 1. The van der Waals surface area contributed by atoms with E-state index in [9.17, 15) is 0 Å². The standard InChI is InChI=1S/C15H20N/c1-2-6-12(7-3-1)14-10-13-8-4-5-9-15(13)16-11-14/h1-3,6,13-16H,4-5,8-11H2. The van der Waals surface area contributed by atoms with E-state index in [1.807, 2.05) is 6.07 Å². The van der Waals surface area contributed by atoms with Crippen LogP contribution in [-0.4, -0.2) is 12.6 Å². The van der Waals surface area contributed by atoms with E-state index in [-0.39, 0.29) is 0 Å². The van der Waals surface area contributed by atoms with Crippen molar-refractivity contribution in [3.8, 4) is 0 Å². The van der Waals surface area contributed by atoms with E-state index in [0.717, 1.165) is 18.5 Å². The first-order chi connectivity index (χ1) is 7.93. The van der Waals surface area contributed by atoms with E-state index in [1.54, 1.807) is 0 Å². The Morgan fingerprint density at radius 3 is 3.00 bits per heavy atom. The molecule has 1 aromatic rings. The fourth-order valence-corrected chi connectivity index (χ4v) is 3.40. The molecular formula is C15H20N. The van der Waals surface area contributed by atoms with Gasteiger partial charge < -0.3 is 5.32 Å². The Bertz CT molecular complexity index is 333. The van der Waals surface area contributed by atoms with E-state index in [1.165, 1.54) is 37.7 Å². The zero-order valence-electron chi connectivity index (χ0n) is 9.78. The van der Waals surface area contributed by atoms with Gasteiger partial charge in [-0.3, -0.25) is 0 Å². The molecule has 16 heavy (non-hydrogen) atoms. The van der Waals surface area contributed by atoms with Crippen molar-refractivity contribution in [3.05, 3.63) is 35.9 Å². The molecule has 1 aliphatic heterocycles. The summed E-state index contributed by atoms with van der Waals surface area (Å²) in [5.41, 5.74) is 1.40. The molecule has 1 saturated heterocycles. The van der Waals surface area contributed by atoms with Gasteiger partial charge in [0.15, 0.2) is 0 Å². The minimum atomic E-state index is 0.695. The highest BCUT2D eigenvalue weighted by Gasteiger charge is 2.32. The molecule has 0 spiro atoms. The molecule has 1 aliphatic carbocycles. The Kier molecular flexibility index (Phi) is 2.96. The van der Waals surface area contributed by atoms with Gasteiger partial charge in [-0.05, 0) is 42.7 Å². The predicted octanol–water partition coefficient (Wildman–Crippen LogP) is 3.12. The summed E-state index contributed by atoms with van der Waals surface area (Å²) in [7, 11) is 0. The second kappa shape index (κ2) is 4.58. The number of nitrogens with one attached hydrogen (secondary N) is 1. The second-order valence-electron chi connectivity index (χ2n) is 5.31. The van der Waals surface area contributed by atoms with Crippen LogP contribution in [0.1, 0.15) is 43.6 Å². The smallest absolute Gasteiger partial charge is 0.00957 e. The van der Waals surface area contributed by atoms with E-state index in [0.29, 0.717) is 5.92 Å². The molecule has 1 radical (unpaired) electrons. The summed E-state index contributed by atoms with van der Waals surface area (Å²) < 4.78 is 0. The van der Waals surface area contributed by atoms with Crippen LogP contribution in [0.4, 0.5) is 0 Å². The minimum absolute atomic E-state index is 0.695. The fraction of sp³-hybridized carbons (Fsp3) is 0.600. The molecule has 0 aromatic heterocycles. The molecular weight excluding hydrogens is 194 g/mol. The van der Waals surface area contributed by atoms with Crippen LogP contribution in [0.2, 0.25) is 0 Å². The highest BCUT2D eigenvalue weighted by atomic mass is 14.9. The van der Waals surface area contributed by atoms with Crippen molar-refractivity contribution in [1.82, 2.24) is 5.32 Å². The average molecular weight is 214 g/mol. The summed E-state index contributed by atoms with van der Waals surface area (Å²) in [4.78, 5) is 0. The van der Waals surface area contributed by atoms with E-state index in [4.69, 9.17) is 0 Å². The van der Waals surface area contributed by atoms with Gasteiger partial charge in [-0.1, -0.05) is 37.1 Å². The van der Waals surface area contributed by atoms with Gasteiger partial charge >= 0.3 is 0 Å². The number of hydrogen-bond acceptors (Lipinski definition) is 1. The first-order valence-electron chi connectivity index (χ1n) is 6.63. The van der Waals surface area contributed by atoms with Crippen molar-refractivity contribution in [1.29, 1.82) is 0 Å². The fourth-order valence-electron chi connectivity index (χ4n) is 3.40. The van der Waals surface area contributed by atoms with E-state index < -0.39 is 0 Å². The third-order valence-electron chi connectivity index (χ3n) is 4.30. The number of piperidine rings is 1. The Morgan fingerprint density at radius 1 is 1.19 bits per heavy atom. The summed E-state index contributed by atoms with van der Waals surface area (Å²) >= 11 is 0. The van der Waals surface area contributed by atoms with Gasteiger partial charge in [0.1, 0.15) is 0 Å². The van der Waals surface area contributed by atoms with E-state index in [2.05, 4.69) is 29.6 Å². The van der Waals surface area contributed by atoms with Crippen molar-refractivity contribution < 1.29 is 0 Å². The Hall–Kier alpha value is -0.820. The Morgan fingerprint density at radius 2 is 2.12 bits per heavy atom. The lowest BCUT2D eigenvalue weighted by molar-refractivity contribution is 0.195. The van der Waals surface area contributed by atoms with Crippen LogP contribution in [0, 0.1) is 12.0 Å². The van der Waals surface area contributed by atoms with Crippen LogP contribution >= 0.6 is 0 Å². The predicted molar refractivity (Wildman–Crippen MR) is 66.4 cm³/mol. The van der Waals surface area contributed by atoms with Crippen molar-refractivity contribution in [2.75, 3.05) is 6.54 Å². The first-order valence-corrected chi connectivity index (χ1v) is 6.63. The maximum absolute atomic E-state index is 3.75. The largest absolute Gasteiger partial charge is 0.313 e. The third kappa shape index (κ3) is 2.01. The number of rotatable bonds is 1. The summed E-state index contributed by atoms with van der Waals surface area (Å²) in [6.07, 6.45) is 7.07. The second-order valence-corrected chi connectivity index (χ2v) is 5.31. The van der Waals surface area contributed by atoms with Gasteiger partial charge in [0.25, 0.3) is 0 Å². The lowest BCUT2D eigenvalue weighted by Crippen LogP contribution is -2.46. The summed E-state index contributed by atoms with van der Waals surface area (Å²) in [5, 5.41) is 3.75. The van der Waals surface area contributed by atoms with Crippen LogP contribution in [0.5, 0.6) is 0 Å². The molecule has 3 rings (SSSR count). The lowest BCUT2D eigenvalue weighted by atomic mass is 9.74. The SMILES string of the molecule is [c]1ccccc1C1CNC2CCCCC2C1. The van der Waals surface area contributed by atoms with Gasteiger partial charge in [-0.2, -0.15) is 0 Å². The molecule has 0 amide bonds. The van der Waals surface area contributed by atoms with Crippen LogP contribution < -0.4 is 5.32 Å². The average Bonchev–Trinajstić information content (AvgIpc) is 2.39. The molecule has 3 atom stereocenters. The molecule has 1 nitrogen and oxygen atoms in total. The maximum Gasteiger partial charge on any atom is 0.00957 e. The van der Waals surface area contributed by atoms with Gasteiger partial charge in [-0.15, -0.1) is 0 Å². The molecule has 2 fully saturated rings. The molecule has 1 aromatic carbocycles. The van der Waals surface area contributed by atoms with Crippen molar-refractivity contribution in [2.24, 2.45) is 5.92 Å². The topological polar surface area (TPSA) is 12.0 Å². The maximum atomic E-state index is 3.75. The van der Waals surface area contributed by atoms with Crippen molar-refractivity contribution in [2.45, 2.75) is 44.1 Å². The minimum Gasteiger partial charge on any atom is -0.313 e. The zero-order chi connectivity index (χ0) is 10.8. The number of hydrogen-bond donors (Lipinski definition) is 1. The first kappa shape index (κ1) is 10.3. The van der Waals surface area contributed by atoms with Crippen LogP contribution in [0.3, 0.4) is 0 Å². The van der Waals surface area contributed by atoms with Crippen molar-refractivity contribution in [3.63, 3.8) is 0 Å². The highest BCUT2D eigenvalue weighted by molar-refractivity contribution is 5.19. The number of fused-ring (bicyclic) bond motifs is 1. The molecule has 1 heteroatoms. The highest BCUT2D eigenvalue weighted by Crippen LogP contribution is 2.36. The molecule has 85 valence electrons. The normalized spacial score (nSPS) is 34.4. The van der Waals surface area contributed by atoms with Gasteiger partial charge in [0.2, 0.25) is 0 Å². The zero-order valence-corrected chi connectivity index (χ0v) is 9.78. The summed E-state index contributed by atoms with van der Waals surface area (Å²) in [6, 6.07) is 12.7. The molecule has 0 bridgehead atoms. The van der Waals surface area contributed by atoms with Crippen LogP contribution in [-0.2, 0) is 0 Å².